The van der Waals surface area contributed by atoms with E-state index >= 15 is 0 Å². The Balaban J connectivity index is 3.41. The minimum Gasteiger partial charge on any atom is -0.480 e. The third-order valence-corrected chi connectivity index (χ3v) is 2.87. The Morgan fingerprint density at radius 3 is 2.85 bits per heavy atom. The van der Waals surface area contributed by atoms with Crippen molar-refractivity contribution in [3.05, 3.63) is 20.4 Å². The van der Waals surface area contributed by atoms with E-state index in [0.29, 0.717) is 3.57 Å². The summed E-state index contributed by atoms with van der Waals surface area (Å²) in [6, 6.07) is 0. The van der Waals surface area contributed by atoms with Crippen LogP contribution in [0, 0.1) is 3.57 Å². The van der Waals surface area contributed by atoms with Crippen LogP contribution in [0.15, 0.2) is 6.20 Å². The average Bonchev–Trinajstić information content (AvgIpc) is 2.08. The molecule has 0 saturated heterocycles. The molecule has 1 heterocycles. The molecule has 13 heavy (non-hydrogen) atoms. The van der Waals surface area contributed by atoms with Gasteiger partial charge in [0, 0.05) is 6.20 Å². The van der Waals surface area contributed by atoms with Crippen LogP contribution in [0.2, 0.25) is 5.02 Å². The highest BCUT2D eigenvalue weighted by atomic mass is 127. The van der Waals surface area contributed by atoms with Crippen LogP contribution < -0.4 is 4.74 Å². The summed E-state index contributed by atoms with van der Waals surface area (Å²) in [6.07, 6.45) is 1.45. The zero-order valence-corrected chi connectivity index (χ0v) is 9.46. The smallest absolute Gasteiger partial charge is 0.342 e. The molecule has 1 rings (SSSR count). The van der Waals surface area contributed by atoms with E-state index in [4.69, 9.17) is 21.4 Å². The van der Waals surface area contributed by atoms with Gasteiger partial charge in [-0.05, 0) is 22.6 Å². The lowest BCUT2D eigenvalue weighted by molar-refractivity contribution is 0.0692. The van der Waals surface area contributed by atoms with Crippen molar-refractivity contribution in [2.24, 2.45) is 0 Å². The molecule has 0 amide bonds. The molecule has 70 valence electrons. The van der Waals surface area contributed by atoms with Crippen LogP contribution in [-0.2, 0) is 0 Å². The molecule has 1 aromatic heterocycles. The Kier molecular flexibility index (Phi) is 3.32. The van der Waals surface area contributed by atoms with Gasteiger partial charge in [-0.3, -0.25) is 0 Å². The van der Waals surface area contributed by atoms with Crippen molar-refractivity contribution in [3.8, 4) is 5.88 Å². The van der Waals surface area contributed by atoms with Crippen molar-refractivity contribution in [1.29, 1.82) is 0 Å². The predicted molar refractivity (Wildman–Crippen MR) is 55.5 cm³/mol. The fraction of sp³-hybridized carbons (Fsp3) is 0.143. The maximum Gasteiger partial charge on any atom is 0.342 e. The third kappa shape index (κ3) is 2.02. The topological polar surface area (TPSA) is 59.4 Å². The predicted octanol–water partition coefficient (Wildman–Crippen LogP) is 2.05. The van der Waals surface area contributed by atoms with Gasteiger partial charge in [0.25, 0.3) is 0 Å². The summed E-state index contributed by atoms with van der Waals surface area (Å²) in [4.78, 5) is 14.5. The number of aromatic nitrogens is 1. The number of carboxylic acid groups (broad SMARTS) is 1. The molecule has 0 aliphatic heterocycles. The van der Waals surface area contributed by atoms with Gasteiger partial charge in [0.05, 0.1) is 15.7 Å². The van der Waals surface area contributed by atoms with E-state index in [2.05, 4.69) is 4.98 Å². The second kappa shape index (κ2) is 4.10. The molecule has 4 nitrogen and oxygen atoms in total. The van der Waals surface area contributed by atoms with Gasteiger partial charge in [0.1, 0.15) is 5.56 Å². The van der Waals surface area contributed by atoms with Gasteiger partial charge in [0.2, 0.25) is 5.88 Å². The van der Waals surface area contributed by atoms with Crippen molar-refractivity contribution < 1.29 is 14.6 Å². The number of hydrogen-bond donors (Lipinski definition) is 1. The molecule has 0 saturated carbocycles. The Morgan fingerprint density at radius 2 is 2.38 bits per heavy atom. The molecular formula is C7H5ClINO3. The second-order valence-electron chi connectivity index (χ2n) is 2.11. The molecule has 0 fully saturated rings. The summed E-state index contributed by atoms with van der Waals surface area (Å²) in [5.41, 5.74) is -0.101. The molecule has 0 spiro atoms. The lowest BCUT2D eigenvalue weighted by Gasteiger charge is -2.05. The van der Waals surface area contributed by atoms with Gasteiger partial charge >= 0.3 is 5.97 Å². The zero-order chi connectivity index (χ0) is 10.0. The molecule has 1 N–H and O–H groups in total. The highest BCUT2D eigenvalue weighted by molar-refractivity contribution is 14.1. The molecule has 0 aromatic carbocycles. The highest BCUT2D eigenvalue weighted by Crippen LogP contribution is 2.28. The molecule has 0 bridgehead atoms. The minimum atomic E-state index is -1.15. The van der Waals surface area contributed by atoms with E-state index in [1.807, 2.05) is 22.6 Å². The Hall–Kier alpha value is -0.560. The third-order valence-electron chi connectivity index (χ3n) is 1.35. The monoisotopic (exact) mass is 313 g/mol. The number of carboxylic acids is 1. The summed E-state index contributed by atoms with van der Waals surface area (Å²) >= 11 is 7.67. The van der Waals surface area contributed by atoms with Crippen molar-refractivity contribution in [1.82, 2.24) is 4.98 Å². The number of halogens is 2. The summed E-state index contributed by atoms with van der Waals surface area (Å²) in [5.74, 6) is -1.12. The average molecular weight is 313 g/mol. The van der Waals surface area contributed by atoms with Crippen LogP contribution in [0.25, 0.3) is 0 Å². The largest absolute Gasteiger partial charge is 0.480 e. The van der Waals surface area contributed by atoms with Crippen molar-refractivity contribution >= 4 is 40.2 Å². The first kappa shape index (κ1) is 10.5. The number of nitrogens with zero attached hydrogens (tertiary/aromatic N) is 1. The van der Waals surface area contributed by atoms with E-state index in [9.17, 15) is 4.79 Å². The number of ether oxygens (including phenoxy) is 1. The first-order valence-corrected chi connectivity index (χ1v) is 4.65. The zero-order valence-electron chi connectivity index (χ0n) is 6.54. The number of rotatable bonds is 2. The number of methoxy groups -OCH3 is 1. The fourth-order valence-electron chi connectivity index (χ4n) is 0.790. The molecule has 0 unspecified atom stereocenters. The molecule has 0 atom stereocenters. The van der Waals surface area contributed by atoms with Crippen LogP contribution in [0.4, 0.5) is 0 Å². The van der Waals surface area contributed by atoms with Crippen molar-refractivity contribution in [2.45, 2.75) is 0 Å². The fourth-order valence-corrected chi connectivity index (χ4v) is 1.41. The van der Waals surface area contributed by atoms with Gasteiger partial charge in [-0.15, -0.1) is 0 Å². The van der Waals surface area contributed by atoms with Crippen LogP contribution >= 0.6 is 34.2 Å². The van der Waals surface area contributed by atoms with Crippen molar-refractivity contribution in [2.75, 3.05) is 7.11 Å². The SMILES string of the molecule is COc1ncc(I)c(Cl)c1C(=O)O. The maximum atomic E-state index is 10.7. The first-order chi connectivity index (χ1) is 6.07. The number of pyridine rings is 1. The lowest BCUT2D eigenvalue weighted by Crippen LogP contribution is -2.04. The second-order valence-corrected chi connectivity index (χ2v) is 3.65. The first-order valence-electron chi connectivity index (χ1n) is 3.19. The van der Waals surface area contributed by atoms with Crippen LogP contribution in [-0.4, -0.2) is 23.2 Å². The summed E-state index contributed by atoms with van der Waals surface area (Å²) < 4.78 is 5.34. The molecule has 0 aliphatic carbocycles. The quantitative estimate of drug-likeness (QED) is 0.849. The standard InChI is InChI=1S/C7H5ClINO3/c1-13-6-4(7(11)12)5(8)3(9)2-10-6/h2H,1H3,(H,11,12). The van der Waals surface area contributed by atoms with Crippen LogP contribution in [0.5, 0.6) is 5.88 Å². The van der Waals surface area contributed by atoms with E-state index < -0.39 is 5.97 Å². The van der Waals surface area contributed by atoms with E-state index in [0.717, 1.165) is 0 Å². The maximum absolute atomic E-state index is 10.7. The molecule has 0 radical (unpaired) electrons. The molecular weight excluding hydrogens is 308 g/mol. The van der Waals surface area contributed by atoms with Crippen LogP contribution in [0.1, 0.15) is 10.4 Å². The summed E-state index contributed by atoms with van der Waals surface area (Å²) in [5, 5.41) is 8.95. The summed E-state index contributed by atoms with van der Waals surface area (Å²) in [6.45, 7) is 0. The highest BCUT2D eigenvalue weighted by Gasteiger charge is 2.18. The van der Waals surface area contributed by atoms with Gasteiger partial charge in [-0.2, -0.15) is 0 Å². The van der Waals surface area contributed by atoms with E-state index in [1.165, 1.54) is 13.3 Å². The van der Waals surface area contributed by atoms with Gasteiger partial charge in [-0.25, -0.2) is 9.78 Å². The van der Waals surface area contributed by atoms with Gasteiger partial charge in [0.15, 0.2) is 0 Å². The minimum absolute atomic E-state index is 0.0258. The number of hydrogen-bond acceptors (Lipinski definition) is 3. The lowest BCUT2D eigenvalue weighted by atomic mass is 10.3. The van der Waals surface area contributed by atoms with Crippen LogP contribution in [0.3, 0.4) is 0 Å². The normalized spacial score (nSPS) is 9.77. The number of carbonyl (C=O) groups is 1. The summed E-state index contributed by atoms with van der Waals surface area (Å²) in [7, 11) is 1.35. The van der Waals surface area contributed by atoms with Gasteiger partial charge in [-0.1, -0.05) is 11.6 Å². The van der Waals surface area contributed by atoms with E-state index in [-0.39, 0.29) is 16.5 Å². The Bertz CT molecular complexity index is 356. The molecule has 6 heteroatoms. The number of aromatic carboxylic acids is 1. The molecule has 1 aromatic rings. The van der Waals surface area contributed by atoms with E-state index in [1.54, 1.807) is 0 Å². The Morgan fingerprint density at radius 1 is 1.77 bits per heavy atom. The van der Waals surface area contributed by atoms with Gasteiger partial charge < -0.3 is 9.84 Å². The Labute approximate surface area is 93.0 Å². The molecule has 0 aliphatic rings. The van der Waals surface area contributed by atoms with Crippen molar-refractivity contribution in [3.63, 3.8) is 0 Å².